The Hall–Kier alpha value is -2.66. The number of rotatable bonds is 8. The van der Waals surface area contributed by atoms with E-state index in [0.717, 1.165) is 71.2 Å². The maximum absolute atomic E-state index is 13.6. The van der Waals surface area contributed by atoms with Crippen molar-refractivity contribution in [1.82, 2.24) is 14.9 Å². The number of aryl methyl sites for hydroxylation is 2. The first kappa shape index (κ1) is 24.5. The van der Waals surface area contributed by atoms with Crippen molar-refractivity contribution < 1.29 is 4.79 Å². The van der Waals surface area contributed by atoms with Crippen LogP contribution in [-0.2, 0) is 12.8 Å². The first-order valence-electron chi connectivity index (χ1n) is 12.9. The van der Waals surface area contributed by atoms with Crippen LogP contribution in [0.5, 0.6) is 0 Å². The summed E-state index contributed by atoms with van der Waals surface area (Å²) in [7, 11) is 0. The topological polar surface area (TPSA) is 66.9 Å². The van der Waals surface area contributed by atoms with E-state index in [2.05, 4.69) is 66.8 Å². The van der Waals surface area contributed by atoms with Crippen molar-refractivity contribution in [3.8, 4) is 0 Å². The van der Waals surface area contributed by atoms with Gasteiger partial charge in [0, 0.05) is 51.9 Å². The first-order valence-corrected chi connectivity index (χ1v) is 12.9. The van der Waals surface area contributed by atoms with E-state index in [-0.39, 0.29) is 11.3 Å². The number of piperidine rings is 1. The molecule has 2 aromatic heterocycles. The zero-order valence-electron chi connectivity index (χ0n) is 21.3. The van der Waals surface area contributed by atoms with Gasteiger partial charge in [0.15, 0.2) is 5.78 Å². The number of nitrogens with zero attached hydrogens (tertiary/aromatic N) is 1. The number of hydrogen-bond donors (Lipinski definition) is 2. The summed E-state index contributed by atoms with van der Waals surface area (Å²) in [6.07, 6.45) is 4.95. The van der Waals surface area contributed by atoms with E-state index in [1.165, 1.54) is 0 Å². The Morgan fingerprint density at radius 2 is 1.97 bits per heavy atom. The van der Waals surface area contributed by atoms with Crippen molar-refractivity contribution in [2.24, 2.45) is 5.92 Å². The second kappa shape index (κ2) is 10.3. The summed E-state index contributed by atoms with van der Waals surface area (Å²) in [5.74, 6) is 0.706. The van der Waals surface area contributed by atoms with Gasteiger partial charge >= 0.3 is 0 Å². The van der Waals surface area contributed by atoms with Crippen LogP contribution in [0.3, 0.4) is 0 Å². The van der Waals surface area contributed by atoms with Crippen molar-refractivity contribution in [2.45, 2.75) is 85.2 Å². The van der Waals surface area contributed by atoms with E-state index < -0.39 is 0 Å². The number of para-hydroxylation sites is 1. The number of carbonyl (C=O) groups is 1. The molecule has 1 fully saturated rings. The Balaban J connectivity index is 1.66. The second-order valence-corrected chi connectivity index (χ2v) is 10.2. The van der Waals surface area contributed by atoms with E-state index in [1.54, 1.807) is 0 Å². The zero-order valence-corrected chi connectivity index (χ0v) is 21.3. The van der Waals surface area contributed by atoms with Crippen molar-refractivity contribution in [3.63, 3.8) is 0 Å². The highest BCUT2D eigenvalue weighted by atomic mass is 16.1. The highest BCUT2D eigenvalue weighted by Crippen LogP contribution is 2.36. The van der Waals surface area contributed by atoms with E-state index in [1.807, 2.05) is 13.0 Å². The molecular weight excluding hydrogens is 422 g/mol. The summed E-state index contributed by atoms with van der Waals surface area (Å²) < 4.78 is 2.40. The summed E-state index contributed by atoms with van der Waals surface area (Å²) in [5.41, 5.74) is 5.68. The fourth-order valence-electron chi connectivity index (χ4n) is 6.00. The maximum atomic E-state index is 13.6. The van der Waals surface area contributed by atoms with Crippen LogP contribution in [0.4, 0.5) is 0 Å². The molecule has 3 unspecified atom stereocenters. The van der Waals surface area contributed by atoms with Gasteiger partial charge in [0.25, 0.3) is 5.56 Å². The molecule has 1 saturated heterocycles. The molecular formula is C29H39N3O2. The lowest BCUT2D eigenvalue weighted by Gasteiger charge is -2.34. The largest absolute Gasteiger partial charge is 0.341 e. The molecule has 1 aliphatic heterocycles. The summed E-state index contributed by atoms with van der Waals surface area (Å²) in [6, 6.07) is 11.2. The number of fused-ring (bicyclic) bond motifs is 1. The van der Waals surface area contributed by atoms with Gasteiger partial charge in [-0.3, -0.25) is 9.59 Å². The minimum Gasteiger partial charge on any atom is -0.341 e. The van der Waals surface area contributed by atoms with Crippen molar-refractivity contribution >= 4 is 16.7 Å². The molecule has 182 valence electrons. The number of ketones is 1. The van der Waals surface area contributed by atoms with Crippen LogP contribution in [0.25, 0.3) is 10.9 Å². The predicted octanol–water partition coefficient (Wildman–Crippen LogP) is 5.66. The number of Topliss-reactive ketones (excluding diaryl/α,β-unsaturated/α-hetero) is 1. The van der Waals surface area contributed by atoms with E-state index in [9.17, 15) is 9.59 Å². The average Bonchev–Trinajstić information content (AvgIpc) is 3.09. The maximum Gasteiger partial charge on any atom is 0.251 e. The highest BCUT2D eigenvalue weighted by molar-refractivity contribution is 6.09. The molecule has 0 aliphatic carbocycles. The van der Waals surface area contributed by atoms with Crippen LogP contribution in [0.1, 0.15) is 85.4 Å². The fourth-order valence-corrected chi connectivity index (χ4v) is 6.00. The molecule has 4 rings (SSSR count). The summed E-state index contributed by atoms with van der Waals surface area (Å²) in [5, 5.41) is 4.59. The molecule has 1 aliphatic rings. The second-order valence-electron chi connectivity index (χ2n) is 10.2. The number of carbonyl (C=O) groups excluding carboxylic acids is 1. The Labute approximate surface area is 203 Å². The Kier molecular flexibility index (Phi) is 7.42. The Bertz CT molecular complexity index is 1240. The Morgan fingerprint density at radius 1 is 1.21 bits per heavy atom. The number of hydrogen-bond acceptors (Lipinski definition) is 3. The number of aromatic nitrogens is 2. The third-order valence-corrected chi connectivity index (χ3v) is 7.67. The van der Waals surface area contributed by atoms with E-state index in [0.29, 0.717) is 30.8 Å². The van der Waals surface area contributed by atoms with Crippen LogP contribution < -0.4 is 10.9 Å². The molecule has 0 amide bonds. The lowest BCUT2D eigenvalue weighted by Crippen LogP contribution is -2.38. The predicted molar refractivity (Wildman–Crippen MR) is 140 cm³/mol. The van der Waals surface area contributed by atoms with Gasteiger partial charge in [-0.1, -0.05) is 31.5 Å². The van der Waals surface area contributed by atoms with Crippen LogP contribution in [-0.4, -0.2) is 27.9 Å². The van der Waals surface area contributed by atoms with Crippen LogP contribution >= 0.6 is 0 Å². The molecule has 5 heteroatoms. The molecule has 0 radical (unpaired) electrons. The molecule has 0 spiro atoms. The van der Waals surface area contributed by atoms with Gasteiger partial charge in [-0.15, -0.1) is 0 Å². The van der Waals surface area contributed by atoms with Gasteiger partial charge in [-0.05, 0) is 83.5 Å². The standard InChI is InChI=1S/C29H39N3O2/c1-6-9-23-17-19(3)31-29(34)24(23)12-13-27(33)28-21(5)32(26-11-8-7-10-25(26)28)20(4)22-14-15-30-18(2)16-22/h7-8,10-11,17-18,20,22,30H,6,9,12-16H2,1-5H3,(H,31,34). The van der Waals surface area contributed by atoms with Crippen LogP contribution in [0, 0.1) is 19.8 Å². The normalized spacial score (nSPS) is 19.4. The molecule has 0 saturated carbocycles. The fraction of sp³-hybridized carbons (Fsp3) is 0.517. The minimum atomic E-state index is -0.0518. The minimum absolute atomic E-state index is 0.0518. The van der Waals surface area contributed by atoms with E-state index >= 15 is 0 Å². The molecule has 3 atom stereocenters. The molecule has 3 aromatic rings. The van der Waals surface area contributed by atoms with Gasteiger partial charge in [0.2, 0.25) is 0 Å². The monoisotopic (exact) mass is 461 g/mol. The number of benzene rings is 1. The van der Waals surface area contributed by atoms with E-state index in [4.69, 9.17) is 0 Å². The number of pyridine rings is 1. The summed E-state index contributed by atoms with van der Waals surface area (Å²) >= 11 is 0. The smallest absolute Gasteiger partial charge is 0.251 e. The number of nitrogens with one attached hydrogen (secondary N) is 2. The lowest BCUT2D eigenvalue weighted by atomic mass is 9.87. The van der Waals surface area contributed by atoms with Crippen molar-refractivity contribution in [3.05, 3.63) is 68.8 Å². The highest BCUT2D eigenvalue weighted by Gasteiger charge is 2.29. The van der Waals surface area contributed by atoms with Crippen LogP contribution in [0.15, 0.2) is 35.1 Å². The van der Waals surface area contributed by atoms with Crippen LogP contribution in [0.2, 0.25) is 0 Å². The quantitative estimate of drug-likeness (QED) is 0.425. The first-order chi connectivity index (χ1) is 16.3. The van der Waals surface area contributed by atoms with Crippen molar-refractivity contribution in [1.29, 1.82) is 0 Å². The van der Waals surface area contributed by atoms with Gasteiger partial charge in [-0.2, -0.15) is 0 Å². The molecule has 5 nitrogen and oxygen atoms in total. The van der Waals surface area contributed by atoms with Crippen molar-refractivity contribution in [2.75, 3.05) is 6.54 Å². The molecule has 3 heterocycles. The SMILES string of the molecule is CCCc1cc(C)[nH]c(=O)c1CCC(=O)c1c(C)n(C(C)C2CCNC(C)C2)c2ccccc12. The summed E-state index contributed by atoms with van der Waals surface area (Å²) in [6.45, 7) is 11.7. The third kappa shape index (κ3) is 4.76. The van der Waals surface area contributed by atoms with Gasteiger partial charge < -0.3 is 14.9 Å². The molecule has 1 aromatic carbocycles. The molecule has 34 heavy (non-hydrogen) atoms. The van der Waals surface area contributed by atoms with Gasteiger partial charge in [-0.25, -0.2) is 0 Å². The summed E-state index contributed by atoms with van der Waals surface area (Å²) in [4.78, 5) is 29.2. The zero-order chi connectivity index (χ0) is 24.4. The third-order valence-electron chi connectivity index (χ3n) is 7.67. The molecule has 0 bridgehead atoms. The average molecular weight is 462 g/mol. The number of H-pyrrole nitrogens is 1. The molecule has 2 N–H and O–H groups in total. The number of aromatic amines is 1. The van der Waals surface area contributed by atoms with Gasteiger partial charge in [0.1, 0.15) is 0 Å². The Morgan fingerprint density at radius 3 is 2.71 bits per heavy atom. The van der Waals surface area contributed by atoms with Gasteiger partial charge in [0.05, 0.1) is 0 Å². The lowest BCUT2D eigenvalue weighted by molar-refractivity contribution is 0.0983.